The van der Waals surface area contributed by atoms with Gasteiger partial charge in [0.2, 0.25) is 0 Å². The Bertz CT molecular complexity index is 94.9. The van der Waals surface area contributed by atoms with Gasteiger partial charge in [-0.15, -0.1) is 0 Å². The first-order chi connectivity index (χ1) is 2.00. The molecule has 0 atom stereocenters. The van der Waals surface area contributed by atoms with Crippen LogP contribution in [0.1, 0.15) is 0 Å². The molecule has 0 aliphatic rings. The van der Waals surface area contributed by atoms with Gasteiger partial charge in [0.25, 0.3) is 0 Å². The Labute approximate surface area is 53.9 Å². The second-order valence-electron chi connectivity index (χ2n) is 0.448. The van der Waals surface area contributed by atoms with Crippen LogP contribution in [0, 0.1) is 0 Å². The van der Waals surface area contributed by atoms with Gasteiger partial charge < -0.3 is 0 Å². The monoisotopic (exact) mass is 172 g/mol. The van der Waals surface area contributed by atoms with Gasteiger partial charge in [0.15, 0.2) is 0 Å². The van der Waals surface area contributed by atoms with Gasteiger partial charge in [0.05, 0.1) is 0 Å². The molecule has 0 bridgehead atoms. The second-order valence-corrected chi connectivity index (χ2v) is 1.34. The van der Waals surface area contributed by atoms with Crippen LogP contribution in [0.2, 0.25) is 0 Å². The van der Waals surface area contributed by atoms with E-state index in [-0.39, 0.29) is 25.5 Å². The Hall–Kier alpha value is 0.454. The fraction of sp³-hybridized carbons (Fsp3) is 0. The molecule has 0 aromatic rings. The van der Waals surface area contributed by atoms with Gasteiger partial charge >= 0.3 is 10.4 Å². The van der Waals surface area contributed by atoms with Crippen molar-refractivity contribution in [2.75, 3.05) is 0 Å². The van der Waals surface area contributed by atoms with Crippen LogP contribution in [0.5, 0.6) is 0 Å². The minimum absolute atomic E-state index is 0. The van der Waals surface area contributed by atoms with Gasteiger partial charge in [-0.05, 0) is 0 Å². The zero-order valence-corrected chi connectivity index (χ0v) is 4.76. The van der Waals surface area contributed by atoms with Gasteiger partial charge in [-0.25, -0.2) is 0 Å². The minimum atomic E-state index is -4.67. The summed E-state index contributed by atoms with van der Waals surface area (Å²) in [5.41, 5.74) is 0. The van der Waals surface area contributed by atoms with Crippen molar-refractivity contribution in [1.82, 2.24) is 0 Å². The van der Waals surface area contributed by atoms with Gasteiger partial charge in [0, 0.05) is 25.5 Å². The van der Waals surface area contributed by atoms with Crippen molar-refractivity contribution >= 4 is 18.8 Å². The van der Waals surface area contributed by atoms with Crippen molar-refractivity contribution in [2.45, 2.75) is 0 Å². The molecule has 0 saturated heterocycles. The number of hydrogen-bond donors (Lipinski definition) is 2. The smallest absolute Gasteiger partial charge is 0.264 e. The summed E-state index contributed by atoms with van der Waals surface area (Å²) in [6.45, 7) is 0. The zero-order chi connectivity index (χ0) is 4.50. The normalized spacial score (nSPS) is 8.29. The Morgan fingerprint density at radius 1 is 1.14 bits per heavy atom. The third kappa shape index (κ3) is 620. The Morgan fingerprint density at radius 3 is 1.14 bits per heavy atom. The predicted octanol–water partition coefficient (Wildman–Crippen LogP) is -1.04. The second kappa shape index (κ2) is 4.61. The summed E-state index contributed by atoms with van der Waals surface area (Å²) >= 11 is 0. The fourth-order valence-corrected chi connectivity index (χ4v) is 0. The molecule has 0 saturated carbocycles. The van der Waals surface area contributed by atoms with Crippen molar-refractivity contribution < 1.29 is 34.6 Å². The van der Waals surface area contributed by atoms with E-state index in [9.17, 15) is 0 Å². The van der Waals surface area contributed by atoms with E-state index in [1.807, 2.05) is 0 Å². The fourth-order valence-electron chi connectivity index (χ4n) is 0. The molecular weight excluding hydrogens is 170 g/mol. The zero-order valence-electron chi connectivity index (χ0n) is 3.00. The average molecular weight is 172 g/mol. The van der Waals surface area contributed by atoms with Crippen molar-refractivity contribution in [2.24, 2.45) is 0 Å². The first kappa shape index (κ1) is 15.7. The molecule has 0 unspecified atom stereocenters. The van der Waals surface area contributed by atoms with Crippen molar-refractivity contribution in [3.63, 3.8) is 0 Å². The minimum Gasteiger partial charge on any atom is -0.264 e. The molecule has 46 valence electrons. The van der Waals surface area contributed by atoms with Crippen LogP contribution in [0.4, 0.5) is 0 Å². The summed E-state index contributed by atoms with van der Waals surface area (Å²) < 4.78 is 31.6. The van der Waals surface area contributed by atoms with Crippen molar-refractivity contribution in [1.29, 1.82) is 0 Å². The third-order valence-electron chi connectivity index (χ3n) is 0. The molecule has 2 N–H and O–H groups in total. The average Bonchev–Trinajstić information content (AvgIpc) is 0.722. The van der Waals surface area contributed by atoms with Crippen LogP contribution in [0.25, 0.3) is 0 Å². The Kier molecular flexibility index (Phi) is 10.3. The van der Waals surface area contributed by atoms with E-state index in [1.54, 1.807) is 0 Å². The van der Waals surface area contributed by atoms with Crippen molar-refractivity contribution in [3.05, 3.63) is 0 Å². The molecule has 0 aromatic heterocycles. The molecule has 0 aliphatic carbocycles. The molecule has 7 heteroatoms. The molecule has 4 nitrogen and oxygen atoms in total. The molecule has 0 aliphatic heterocycles. The van der Waals surface area contributed by atoms with E-state index < -0.39 is 10.4 Å². The SMILES string of the molecule is O=S(=O)(O)O.[B].[Cu]. The van der Waals surface area contributed by atoms with Crippen molar-refractivity contribution in [3.8, 4) is 0 Å². The van der Waals surface area contributed by atoms with Gasteiger partial charge in [-0.3, -0.25) is 9.11 Å². The molecule has 0 rings (SSSR count). The van der Waals surface area contributed by atoms with Gasteiger partial charge in [-0.1, -0.05) is 0 Å². The Morgan fingerprint density at radius 2 is 1.14 bits per heavy atom. The van der Waals surface area contributed by atoms with E-state index in [0.717, 1.165) is 0 Å². The number of hydrogen-bond acceptors (Lipinski definition) is 2. The van der Waals surface area contributed by atoms with E-state index >= 15 is 0 Å². The summed E-state index contributed by atoms with van der Waals surface area (Å²) in [5, 5.41) is 0. The molecule has 0 amide bonds. The van der Waals surface area contributed by atoms with Crippen LogP contribution >= 0.6 is 0 Å². The molecular formula is H2BCuO4S. The van der Waals surface area contributed by atoms with Crippen LogP contribution in [-0.4, -0.2) is 25.9 Å². The van der Waals surface area contributed by atoms with E-state index in [4.69, 9.17) is 17.5 Å². The topological polar surface area (TPSA) is 74.6 Å². The summed E-state index contributed by atoms with van der Waals surface area (Å²) in [6, 6.07) is 0. The predicted molar refractivity (Wildman–Crippen MR) is 19.9 cm³/mol. The van der Waals surface area contributed by atoms with E-state index in [2.05, 4.69) is 0 Å². The summed E-state index contributed by atoms with van der Waals surface area (Å²) in [5.74, 6) is 0. The standard InChI is InChI=1S/B.Cu.H2O4S/c;;1-5(2,3)4/h;;(H2,1,2,3,4). The van der Waals surface area contributed by atoms with Gasteiger partial charge in [0.1, 0.15) is 0 Å². The Balaban J connectivity index is -0.0000000800. The van der Waals surface area contributed by atoms with E-state index in [1.165, 1.54) is 0 Å². The summed E-state index contributed by atoms with van der Waals surface area (Å²) in [6.07, 6.45) is 0. The van der Waals surface area contributed by atoms with Crippen LogP contribution in [0.3, 0.4) is 0 Å². The molecule has 0 heterocycles. The summed E-state index contributed by atoms with van der Waals surface area (Å²) in [4.78, 5) is 0. The van der Waals surface area contributed by atoms with Gasteiger partial charge in [-0.2, -0.15) is 8.42 Å². The number of rotatable bonds is 0. The quantitative estimate of drug-likeness (QED) is 0.362. The molecule has 4 radical (unpaired) electrons. The molecule has 0 aromatic carbocycles. The first-order valence-electron chi connectivity index (χ1n) is 0.698. The molecule has 0 fully saturated rings. The largest absolute Gasteiger partial charge is 0.394 e. The maximum Gasteiger partial charge on any atom is 0.394 e. The van der Waals surface area contributed by atoms with E-state index in [0.29, 0.717) is 0 Å². The summed E-state index contributed by atoms with van der Waals surface area (Å²) in [7, 11) is -4.67. The van der Waals surface area contributed by atoms with Crippen LogP contribution in [0.15, 0.2) is 0 Å². The maximum atomic E-state index is 8.74. The van der Waals surface area contributed by atoms with Crippen LogP contribution < -0.4 is 0 Å². The maximum absolute atomic E-state index is 8.74. The molecule has 0 spiro atoms. The first-order valence-corrected chi connectivity index (χ1v) is 2.10. The van der Waals surface area contributed by atoms with Crippen LogP contribution in [-0.2, 0) is 27.5 Å². The molecule has 7 heavy (non-hydrogen) atoms. The third-order valence-corrected chi connectivity index (χ3v) is 0.